The fourth-order valence-electron chi connectivity index (χ4n) is 3.80. The van der Waals surface area contributed by atoms with E-state index in [1.807, 2.05) is 35.2 Å². The summed E-state index contributed by atoms with van der Waals surface area (Å²) in [7, 11) is 0. The number of nitrogens with one attached hydrogen (secondary N) is 1. The molecule has 0 spiro atoms. The molecule has 0 saturated carbocycles. The minimum atomic E-state index is -4.43. The Kier molecular flexibility index (Phi) is 7.16. The summed E-state index contributed by atoms with van der Waals surface area (Å²) in [5, 5.41) is 4.68. The molecule has 0 radical (unpaired) electrons. The lowest BCUT2D eigenvalue weighted by Crippen LogP contribution is -2.55. The van der Waals surface area contributed by atoms with Crippen molar-refractivity contribution in [2.24, 2.45) is 0 Å². The summed E-state index contributed by atoms with van der Waals surface area (Å²) in [6, 6.07) is 14.6. The van der Waals surface area contributed by atoms with Gasteiger partial charge in [0.25, 0.3) is 5.91 Å². The molecule has 4 rings (SSSR count). The summed E-state index contributed by atoms with van der Waals surface area (Å²) in [6.07, 6.45) is -3.25. The van der Waals surface area contributed by atoms with Gasteiger partial charge in [-0.25, -0.2) is 4.98 Å². The summed E-state index contributed by atoms with van der Waals surface area (Å²) in [6.45, 7) is 1.62. The zero-order valence-corrected chi connectivity index (χ0v) is 19.0. The highest BCUT2D eigenvalue weighted by molar-refractivity contribution is 7.12. The number of pyridine rings is 1. The lowest BCUT2D eigenvalue weighted by molar-refractivity contribution is -0.138. The molecule has 2 aromatic heterocycles. The number of hydrogen-bond acceptors (Lipinski definition) is 5. The average Bonchev–Trinajstić information content (AvgIpc) is 3.39. The number of aromatic nitrogens is 1. The minimum absolute atomic E-state index is 0.186. The van der Waals surface area contributed by atoms with E-state index < -0.39 is 17.8 Å². The van der Waals surface area contributed by atoms with Crippen LogP contribution in [0.5, 0.6) is 0 Å². The number of amides is 2. The van der Waals surface area contributed by atoms with Crippen molar-refractivity contribution in [3.63, 3.8) is 0 Å². The first kappa shape index (κ1) is 23.7. The predicted octanol–water partition coefficient (Wildman–Crippen LogP) is 3.85. The summed E-state index contributed by atoms with van der Waals surface area (Å²) >= 11 is 1.31. The van der Waals surface area contributed by atoms with Gasteiger partial charge in [-0.15, -0.1) is 11.3 Å². The molecule has 178 valence electrons. The number of benzene rings is 1. The monoisotopic (exact) mass is 488 g/mol. The lowest BCUT2D eigenvalue weighted by Gasteiger charge is -2.37. The Labute approximate surface area is 199 Å². The molecular formula is C24H23F3N4O2S. The molecule has 34 heavy (non-hydrogen) atoms. The molecule has 2 amide bonds. The molecule has 6 nitrogen and oxygen atoms in total. The van der Waals surface area contributed by atoms with Gasteiger partial charge in [-0.3, -0.25) is 9.59 Å². The third-order valence-corrected chi connectivity index (χ3v) is 6.49. The van der Waals surface area contributed by atoms with Crippen LogP contribution in [0.2, 0.25) is 0 Å². The maximum Gasteiger partial charge on any atom is 0.417 e. The first-order valence-electron chi connectivity index (χ1n) is 10.8. The van der Waals surface area contributed by atoms with Gasteiger partial charge >= 0.3 is 6.18 Å². The molecule has 1 N–H and O–H groups in total. The first-order valence-corrected chi connectivity index (χ1v) is 11.6. The Morgan fingerprint density at radius 3 is 2.32 bits per heavy atom. The van der Waals surface area contributed by atoms with Gasteiger partial charge in [-0.2, -0.15) is 13.2 Å². The lowest BCUT2D eigenvalue weighted by atomic mass is 10.0. The molecule has 3 aromatic rings. The molecule has 1 aliphatic rings. The van der Waals surface area contributed by atoms with E-state index in [0.717, 1.165) is 17.8 Å². The molecule has 1 saturated heterocycles. The Bertz CT molecular complexity index is 1100. The molecule has 0 bridgehead atoms. The van der Waals surface area contributed by atoms with Crippen molar-refractivity contribution in [1.82, 2.24) is 15.2 Å². The molecule has 0 unspecified atom stereocenters. The third-order valence-electron chi connectivity index (χ3n) is 5.62. The Morgan fingerprint density at radius 2 is 1.74 bits per heavy atom. The number of piperazine rings is 1. The van der Waals surface area contributed by atoms with Gasteiger partial charge in [0.05, 0.1) is 10.4 Å². The summed E-state index contributed by atoms with van der Waals surface area (Å²) in [4.78, 5) is 34.0. The van der Waals surface area contributed by atoms with E-state index in [1.54, 1.807) is 22.4 Å². The van der Waals surface area contributed by atoms with Crippen molar-refractivity contribution in [2.45, 2.75) is 18.6 Å². The number of hydrogen-bond donors (Lipinski definition) is 1. The van der Waals surface area contributed by atoms with Crippen LogP contribution < -0.4 is 10.2 Å². The van der Waals surface area contributed by atoms with Gasteiger partial charge in [0.1, 0.15) is 11.9 Å². The molecule has 1 fully saturated rings. The standard InChI is InChI=1S/C24H23F3N4O2S/c25-24(26,27)18-8-9-21(28-16-18)30-10-12-31(13-11-30)23(33)19(15-17-5-2-1-3-6-17)29-22(32)20-7-4-14-34-20/h1-9,14,16,19H,10-13,15H2,(H,29,32)/t19-/m0/s1. The second-order valence-corrected chi connectivity index (χ2v) is 8.86. The molecule has 1 aromatic carbocycles. The van der Waals surface area contributed by atoms with E-state index in [1.165, 1.54) is 17.4 Å². The second kappa shape index (κ2) is 10.3. The highest BCUT2D eigenvalue weighted by Gasteiger charge is 2.32. The number of thiophene rings is 1. The van der Waals surface area contributed by atoms with Crippen molar-refractivity contribution >= 4 is 29.0 Å². The van der Waals surface area contributed by atoms with Crippen LogP contribution >= 0.6 is 11.3 Å². The van der Waals surface area contributed by atoms with Gasteiger partial charge in [0.2, 0.25) is 5.91 Å². The largest absolute Gasteiger partial charge is 0.417 e. The fraction of sp³-hybridized carbons (Fsp3) is 0.292. The molecule has 1 aliphatic heterocycles. The molecule has 0 aliphatic carbocycles. The number of halogens is 3. The molecule has 3 heterocycles. The fourth-order valence-corrected chi connectivity index (χ4v) is 4.43. The topological polar surface area (TPSA) is 65.5 Å². The van der Waals surface area contributed by atoms with Crippen molar-refractivity contribution in [1.29, 1.82) is 0 Å². The number of alkyl halides is 3. The Balaban J connectivity index is 1.42. The van der Waals surface area contributed by atoms with Crippen LogP contribution in [-0.2, 0) is 17.4 Å². The van der Waals surface area contributed by atoms with Crippen molar-refractivity contribution < 1.29 is 22.8 Å². The van der Waals surface area contributed by atoms with Crippen LogP contribution in [0.4, 0.5) is 19.0 Å². The van der Waals surface area contributed by atoms with E-state index in [4.69, 9.17) is 0 Å². The predicted molar refractivity (Wildman–Crippen MR) is 124 cm³/mol. The number of rotatable bonds is 6. The average molecular weight is 489 g/mol. The maximum atomic E-state index is 13.4. The van der Waals surface area contributed by atoms with E-state index in [-0.39, 0.29) is 11.8 Å². The van der Waals surface area contributed by atoms with Gasteiger partial charge in [0, 0.05) is 38.8 Å². The van der Waals surface area contributed by atoms with Gasteiger partial charge in [-0.1, -0.05) is 36.4 Å². The summed E-state index contributed by atoms with van der Waals surface area (Å²) < 4.78 is 38.4. The van der Waals surface area contributed by atoms with Crippen LogP contribution in [0.3, 0.4) is 0 Å². The highest BCUT2D eigenvalue weighted by Crippen LogP contribution is 2.29. The minimum Gasteiger partial charge on any atom is -0.353 e. The van der Waals surface area contributed by atoms with Gasteiger partial charge < -0.3 is 15.1 Å². The molecular weight excluding hydrogens is 465 g/mol. The zero-order valence-electron chi connectivity index (χ0n) is 18.2. The number of nitrogens with zero attached hydrogens (tertiary/aromatic N) is 3. The quantitative estimate of drug-likeness (QED) is 0.573. The number of carbonyl (C=O) groups is 2. The number of anilines is 1. The third kappa shape index (κ3) is 5.74. The number of carbonyl (C=O) groups excluding carboxylic acids is 2. The SMILES string of the molecule is O=C(N[C@@H](Cc1ccccc1)C(=O)N1CCN(c2ccc(C(F)(F)F)cn2)CC1)c1cccs1. The van der Waals surface area contributed by atoms with Crippen LogP contribution in [-0.4, -0.2) is 53.9 Å². The van der Waals surface area contributed by atoms with Crippen molar-refractivity contribution in [3.8, 4) is 0 Å². The van der Waals surface area contributed by atoms with Crippen LogP contribution in [0, 0.1) is 0 Å². The van der Waals surface area contributed by atoms with E-state index in [2.05, 4.69) is 10.3 Å². The van der Waals surface area contributed by atoms with Crippen LogP contribution in [0.25, 0.3) is 0 Å². The van der Waals surface area contributed by atoms with E-state index in [0.29, 0.717) is 43.3 Å². The van der Waals surface area contributed by atoms with Gasteiger partial charge in [-0.05, 0) is 29.1 Å². The van der Waals surface area contributed by atoms with Crippen LogP contribution in [0.15, 0.2) is 66.2 Å². The Morgan fingerprint density at radius 1 is 1.00 bits per heavy atom. The van der Waals surface area contributed by atoms with E-state index >= 15 is 0 Å². The molecule has 1 atom stereocenters. The maximum absolute atomic E-state index is 13.4. The Hall–Kier alpha value is -3.40. The van der Waals surface area contributed by atoms with Crippen LogP contribution in [0.1, 0.15) is 20.8 Å². The van der Waals surface area contributed by atoms with E-state index in [9.17, 15) is 22.8 Å². The van der Waals surface area contributed by atoms with Gasteiger partial charge in [0.15, 0.2) is 0 Å². The highest BCUT2D eigenvalue weighted by atomic mass is 32.1. The molecule has 10 heteroatoms. The van der Waals surface area contributed by atoms with Crippen molar-refractivity contribution in [3.05, 3.63) is 82.2 Å². The summed E-state index contributed by atoms with van der Waals surface area (Å²) in [5.41, 5.74) is 0.134. The first-order chi connectivity index (χ1) is 16.3. The summed E-state index contributed by atoms with van der Waals surface area (Å²) in [5.74, 6) is -0.0439. The zero-order chi connectivity index (χ0) is 24.1. The second-order valence-electron chi connectivity index (χ2n) is 7.91. The smallest absolute Gasteiger partial charge is 0.353 e. The van der Waals surface area contributed by atoms with Crippen molar-refractivity contribution in [2.75, 3.05) is 31.1 Å². The normalized spacial score (nSPS) is 15.1.